The van der Waals surface area contributed by atoms with Gasteiger partial charge in [0.05, 0.1) is 36.0 Å². The molecular formula is C27H23NO5S. The number of nitrogens with one attached hydrogen (secondary N) is 1. The molecule has 2 N–H and O–H groups in total. The first-order valence-electron chi connectivity index (χ1n) is 11.1. The van der Waals surface area contributed by atoms with E-state index in [2.05, 4.69) is 4.98 Å². The second-order valence-corrected chi connectivity index (χ2v) is 9.06. The molecule has 0 saturated heterocycles. The molecule has 4 aromatic rings. The summed E-state index contributed by atoms with van der Waals surface area (Å²) in [5, 5.41) is 11.7. The number of benzene rings is 3. The Hall–Kier alpha value is -3.55. The van der Waals surface area contributed by atoms with Crippen LogP contribution in [0.25, 0.3) is 10.8 Å². The highest BCUT2D eigenvalue weighted by Crippen LogP contribution is 2.43. The molecule has 0 radical (unpaired) electrons. The van der Waals surface area contributed by atoms with Crippen molar-refractivity contribution in [2.75, 3.05) is 6.61 Å². The zero-order valence-corrected chi connectivity index (χ0v) is 19.4. The van der Waals surface area contributed by atoms with Gasteiger partial charge in [0.2, 0.25) is 0 Å². The maximum Gasteiger partial charge on any atom is 0.338 e. The summed E-state index contributed by atoms with van der Waals surface area (Å²) in [6.07, 6.45) is 0.0577. The number of fused-ring (bicyclic) bond motifs is 3. The smallest absolute Gasteiger partial charge is 0.338 e. The van der Waals surface area contributed by atoms with E-state index < -0.39 is 6.10 Å². The van der Waals surface area contributed by atoms with E-state index in [4.69, 9.17) is 9.47 Å². The zero-order valence-electron chi connectivity index (χ0n) is 18.5. The summed E-state index contributed by atoms with van der Waals surface area (Å²) in [5.74, 6) is -0.361. The number of aromatic nitrogens is 1. The van der Waals surface area contributed by atoms with E-state index in [-0.39, 0.29) is 23.9 Å². The molecule has 0 spiro atoms. The molecule has 7 heteroatoms. The Labute approximate surface area is 200 Å². The molecule has 0 amide bonds. The van der Waals surface area contributed by atoms with E-state index in [0.717, 1.165) is 20.9 Å². The van der Waals surface area contributed by atoms with E-state index >= 15 is 0 Å². The molecule has 2 heterocycles. The van der Waals surface area contributed by atoms with Crippen LogP contribution in [0, 0.1) is 0 Å². The van der Waals surface area contributed by atoms with Crippen molar-refractivity contribution in [1.29, 1.82) is 0 Å². The van der Waals surface area contributed by atoms with Gasteiger partial charge >= 0.3 is 5.97 Å². The highest BCUT2D eigenvalue weighted by Gasteiger charge is 2.27. The molecule has 1 aromatic heterocycles. The molecule has 0 fully saturated rings. The van der Waals surface area contributed by atoms with Crippen molar-refractivity contribution < 1.29 is 19.4 Å². The predicted molar refractivity (Wildman–Crippen MR) is 130 cm³/mol. The van der Waals surface area contributed by atoms with Crippen molar-refractivity contribution in [3.8, 4) is 5.75 Å². The fraction of sp³-hybridized carbons (Fsp3) is 0.185. The summed E-state index contributed by atoms with van der Waals surface area (Å²) in [6.45, 7) is 2.09. The van der Waals surface area contributed by atoms with Gasteiger partial charge in [0.15, 0.2) is 0 Å². The van der Waals surface area contributed by atoms with E-state index in [1.165, 1.54) is 0 Å². The Balaban J connectivity index is 1.52. The van der Waals surface area contributed by atoms with E-state index in [1.807, 2.05) is 36.4 Å². The number of aromatic amines is 1. The number of H-pyrrole nitrogens is 1. The van der Waals surface area contributed by atoms with Crippen molar-refractivity contribution in [3.63, 3.8) is 0 Å². The Morgan fingerprint density at radius 3 is 2.59 bits per heavy atom. The Morgan fingerprint density at radius 1 is 1.03 bits per heavy atom. The van der Waals surface area contributed by atoms with E-state index in [1.54, 1.807) is 49.0 Å². The quantitative estimate of drug-likeness (QED) is 0.379. The van der Waals surface area contributed by atoms with Gasteiger partial charge in [-0.15, -0.1) is 0 Å². The first-order chi connectivity index (χ1) is 16.6. The molecule has 6 nitrogen and oxygen atoms in total. The zero-order chi connectivity index (χ0) is 23.7. The highest BCUT2D eigenvalue weighted by atomic mass is 32.2. The fourth-order valence-corrected chi connectivity index (χ4v) is 5.44. The van der Waals surface area contributed by atoms with Gasteiger partial charge in [-0.25, -0.2) is 4.79 Å². The number of ether oxygens (including phenoxy) is 2. The molecule has 1 unspecified atom stereocenters. The average molecular weight is 474 g/mol. The van der Waals surface area contributed by atoms with Gasteiger partial charge in [-0.1, -0.05) is 54.2 Å². The SMILES string of the molecule is CCOC(=O)c1cccc2c1CC(OCc1[nH]c(=O)c3ccccc3c1O)c1ccccc1S2. The third kappa shape index (κ3) is 4.08. The van der Waals surface area contributed by atoms with Crippen LogP contribution in [0.5, 0.6) is 5.75 Å². The monoisotopic (exact) mass is 473 g/mol. The number of hydrogen-bond acceptors (Lipinski definition) is 6. The van der Waals surface area contributed by atoms with Crippen LogP contribution in [0.3, 0.4) is 0 Å². The van der Waals surface area contributed by atoms with E-state index in [9.17, 15) is 14.7 Å². The van der Waals surface area contributed by atoms with Crippen LogP contribution in [0.1, 0.15) is 40.2 Å². The number of hydrogen-bond donors (Lipinski definition) is 2. The van der Waals surface area contributed by atoms with Crippen molar-refractivity contribution in [1.82, 2.24) is 4.98 Å². The number of pyridine rings is 1. The number of esters is 1. The molecule has 0 bridgehead atoms. The molecule has 0 saturated carbocycles. The molecule has 0 aliphatic carbocycles. The average Bonchev–Trinajstić information content (AvgIpc) is 3.02. The highest BCUT2D eigenvalue weighted by molar-refractivity contribution is 7.99. The maximum absolute atomic E-state index is 12.6. The van der Waals surface area contributed by atoms with Crippen molar-refractivity contribution in [2.24, 2.45) is 0 Å². The van der Waals surface area contributed by atoms with Crippen LogP contribution >= 0.6 is 11.8 Å². The largest absolute Gasteiger partial charge is 0.505 e. The lowest BCUT2D eigenvalue weighted by Gasteiger charge is -2.20. The van der Waals surface area contributed by atoms with Gasteiger partial charge in [-0.05, 0) is 42.3 Å². The molecule has 1 aliphatic heterocycles. The minimum absolute atomic E-state index is 0.000838. The molecular weight excluding hydrogens is 450 g/mol. The molecule has 5 rings (SSSR count). The summed E-state index contributed by atoms with van der Waals surface area (Å²) >= 11 is 1.59. The lowest BCUT2D eigenvalue weighted by Crippen LogP contribution is -2.15. The van der Waals surface area contributed by atoms with Gasteiger partial charge in [-0.3, -0.25) is 4.79 Å². The first-order valence-corrected chi connectivity index (χ1v) is 11.9. The molecule has 34 heavy (non-hydrogen) atoms. The second-order valence-electron chi connectivity index (χ2n) is 7.97. The van der Waals surface area contributed by atoms with Crippen LogP contribution in [0.4, 0.5) is 0 Å². The Kier molecular flexibility index (Phi) is 6.13. The molecule has 1 atom stereocenters. The molecule has 3 aromatic carbocycles. The number of aromatic hydroxyl groups is 1. The third-order valence-electron chi connectivity index (χ3n) is 5.91. The normalized spacial score (nSPS) is 14.8. The van der Waals surface area contributed by atoms with Crippen LogP contribution in [0.15, 0.2) is 81.3 Å². The Morgan fingerprint density at radius 2 is 1.76 bits per heavy atom. The van der Waals surface area contributed by atoms with Gasteiger partial charge in [0, 0.05) is 21.6 Å². The van der Waals surface area contributed by atoms with Gasteiger partial charge in [0.1, 0.15) is 5.75 Å². The number of rotatable bonds is 5. The molecule has 1 aliphatic rings. The fourth-order valence-electron chi connectivity index (χ4n) is 4.28. The summed E-state index contributed by atoms with van der Waals surface area (Å²) in [7, 11) is 0. The van der Waals surface area contributed by atoms with Crippen LogP contribution in [-0.4, -0.2) is 22.7 Å². The van der Waals surface area contributed by atoms with Crippen molar-refractivity contribution >= 4 is 28.5 Å². The van der Waals surface area contributed by atoms with Gasteiger partial charge < -0.3 is 19.6 Å². The lowest BCUT2D eigenvalue weighted by atomic mass is 9.97. The topological polar surface area (TPSA) is 88.6 Å². The summed E-state index contributed by atoms with van der Waals surface area (Å²) in [4.78, 5) is 29.9. The number of carbonyl (C=O) groups is 1. The van der Waals surface area contributed by atoms with Crippen molar-refractivity contribution in [2.45, 2.75) is 35.8 Å². The van der Waals surface area contributed by atoms with Crippen LogP contribution < -0.4 is 5.56 Å². The molecule has 172 valence electrons. The van der Waals surface area contributed by atoms with E-state index in [0.29, 0.717) is 35.1 Å². The first kappa shape index (κ1) is 22.3. The minimum atomic E-state index is -0.394. The van der Waals surface area contributed by atoms with Crippen LogP contribution in [-0.2, 0) is 22.5 Å². The van der Waals surface area contributed by atoms with Crippen molar-refractivity contribution in [3.05, 3.63) is 99.5 Å². The third-order valence-corrected chi connectivity index (χ3v) is 7.10. The summed E-state index contributed by atoms with van der Waals surface area (Å²) in [5.41, 5.74) is 2.41. The Bertz CT molecular complexity index is 1440. The summed E-state index contributed by atoms with van der Waals surface area (Å²) in [6, 6.07) is 20.5. The summed E-state index contributed by atoms with van der Waals surface area (Å²) < 4.78 is 11.6. The van der Waals surface area contributed by atoms with Crippen LogP contribution in [0.2, 0.25) is 0 Å². The minimum Gasteiger partial charge on any atom is -0.505 e. The predicted octanol–water partition coefficient (Wildman–Crippen LogP) is 5.38. The lowest BCUT2D eigenvalue weighted by molar-refractivity contribution is 0.0346. The van der Waals surface area contributed by atoms with Gasteiger partial charge in [0.25, 0.3) is 5.56 Å². The second kappa shape index (κ2) is 9.37. The standard InChI is InChI=1S/C27H23NO5S/c1-2-32-27(31)18-11-7-13-24-20(18)14-22(19-10-5-6-12-23(19)34-24)33-15-21-25(29)16-8-3-4-9-17(16)26(30)28-21/h3-13,22,29H,2,14-15H2,1H3,(H,28,30). The number of carbonyl (C=O) groups excluding carboxylic acids is 1. The van der Waals surface area contributed by atoms with Gasteiger partial charge in [-0.2, -0.15) is 0 Å². The maximum atomic E-state index is 12.6.